The summed E-state index contributed by atoms with van der Waals surface area (Å²) in [5.74, 6) is -0.307. The van der Waals surface area contributed by atoms with E-state index in [1.165, 1.54) is 26.4 Å². The lowest BCUT2D eigenvalue weighted by Crippen LogP contribution is -2.24. The molecule has 0 aliphatic heterocycles. The third-order valence-corrected chi connectivity index (χ3v) is 3.62. The second-order valence-corrected chi connectivity index (χ2v) is 4.92. The van der Waals surface area contributed by atoms with Gasteiger partial charge >= 0.3 is 5.97 Å². The number of nitro benzene ring substituents is 1. The van der Waals surface area contributed by atoms with Gasteiger partial charge in [-0.05, 0) is 12.8 Å². The zero-order valence-electron chi connectivity index (χ0n) is 11.7. The van der Waals surface area contributed by atoms with Crippen LogP contribution in [0.5, 0.6) is 11.5 Å². The van der Waals surface area contributed by atoms with E-state index < -0.39 is 16.3 Å². The van der Waals surface area contributed by atoms with Gasteiger partial charge in [-0.3, -0.25) is 14.9 Å². The first-order valence-electron chi connectivity index (χ1n) is 6.31. The molecule has 0 amide bonds. The van der Waals surface area contributed by atoms with E-state index in [-0.39, 0.29) is 23.7 Å². The molecule has 0 aromatic heterocycles. The lowest BCUT2D eigenvalue weighted by atomic mass is 10.1. The lowest BCUT2D eigenvalue weighted by molar-refractivity contribution is -0.384. The first-order valence-corrected chi connectivity index (χ1v) is 6.31. The Bertz CT molecular complexity index is 582. The van der Waals surface area contributed by atoms with E-state index in [1.54, 1.807) is 0 Å². The summed E-state index contributed by atoms with van der Waals surface area (Å²) in [6.07, 6.45) is 1.13. The van der Waals surface area contributed by atoms with Crippen molar-refractivity contribution in [2.24, 2.45) is 5.41 Å². The molecule has 8 nitrogen and oxygen atoms in total. The molecule has 21 heavy (non-hydrogen) atoms. The molecule has 0 radical (unpaired) electrons. The Hall–Kier alpha value is -2.51. The number of methoxy groups -OCH3 is 2. The number of nitrogens with zero attached hydrogens (tertiary/aromatic N) is 1. The van der Waals surface area contributed by atoms with Crippen molar-refractivity contribution < 1.29 is 24.3 Å². The Balaban J connectivity index is 2.28. The van der Waals surface area contributed by atoms with Gasteiger partial charge in [0.25, 0.3) is 5.69 Å². The van der Waals surface area contributed by atoms with Gasteiger partial charge in [0, 0.05) is 12.6 Å². The number of anilines is 1. The van der Waals surface area contributed by atoms with Crippen molar-refractivity contribution in [1.29, 1.82) is 0 Å². The number of rotatable bonds is 7. The van der Waals surface area contributed by atoms with Crippen molar-refractivity contribution in [2.45, 2.75) is 12.8 Å². The zero-order valence-corrected chi connectivity index (χ0v) is 11.7. The first kappa shape index (κ1) is 14.9. The number of carboxylic acids is 1. The van der Waals surface area contributed by atoms with Crippen molar-refractivity contribution >= 4 is 17.3 Å². The standard InChI is InChI=1S/C13H16N2O6/c1-20-10-5-8(9(15(18)19)6-11(10)21-2)14-7-13(3-4-13)12(16)17/h5-6,14H,3-4,7H2,1-2H3,(H,16,17). The number of ether oxygens (including phenoxy) is 2. The summed E-state index contributed by atoms with van der Waals surface area (Å²) in [6.45, 7) is 0.138. The maximum atomic E-state index is 11.1. The average molecular weight is 296 g/mol. The number of hydrogen-bond donors (Lipinski definition) is 2. The molecule has 0 atom stereocenters. The summed E-state index contributed by atoms with van der Waals surface area (Å²) >= 11 is 0. The van der Waals surface area contributed by atoms with Crippen LogP contribution in [0.1, 0.15) is 12.8 Å². The highest BCUT2D eigenvalue weighted by atomic mass is 16.6. The summed E-state index contributed by atoms with van der Waals surface area (Å²) < 4.78 is 10.1. The highest BCUT2D eigenvalue weighted by molar-refractivity contribution is 5.79. The molecule has 0 saturated heterocycles. The van der Waals surface area contributed by atoms with Gasteiger partial charge in [-0.2, -0.15) is 0 Å². The minimum atomic E-state index is -0.891. The molecule has 1 saturated carbocycles. The van der Waals surface area contributed by atoms with Crippen molar-refractivity contribution in [1.82, 2.24) is 0 Å². The van der Waals surface area contributed by atoms with Crippen LogP contribution < -0.4 is 14.8 Å². The van der Waals surface area contributed by atoms with E-state index in [0.717, 1.165) is 0 Å². The van der Waals surface area contributed by atoms with Crippen molar-refractivity contribution in [3.8, 4) is 11.5 Å². The van der Waals surface area contributed by atoms with Crippen LogP contribution in [0.3, 0.4) is 0 Å². The second-order valence-electron chi connectivity index (χ2n) is 4.92. The van der Waals surface area contributed by atoms with Gasteiger partial charge < -0.3 is 19.9 Å². The van der Waals surface area contributed by atoms with Gasteiger partial charge in [-0.15, -0.1) is 0 Å². The minimum Gasteiger partial charge on any atom is -0.493 e. The van der Waals surface area contributed by atoms with E-state index >= 15 is 0 Å². The topological polar surface area (TPSA) is 111 Å². The largest absolute Gasteiger partial charge is 0.493 e. The second kappa shape index (κ2) is 5.47. The molecule has 8 heteroatoms. The van der Waals surface area contributed by atoms with Gasteiger partial charge in [0.15, 0.2) is 11.5 Å². The third-order valence-electron chi connectivity index (χ3n) is 3.62. The molecular formula is C13H16N2O6. The molecule has 0 bridgehead atoms. The monoisotopic (exact) mass is 296 g/mol. The van der Waals surface area contributed by atoms with E-state index in [0.29, 0.717) is 18.6 Å². The molecule has 2 N–H and O–H groups in total. The number of carboxylic acid groups (broad SMARTS) is 1. The molecule has 1 aromatic carbocycles. The van der Waals surface area contributed by atoms with Crippen LogP contribution in [0, 0.1) is 15.5 Å². The Labute approximate surface area is 120 Å². The van der Waals surface area contributed by atoms with E-state index in [4.69, 9.17) is 14.6 Å². The maximum absolute atomic E-state index is 11.1. The molecule has 0 spiro atoms. The summed E-state index contributed by atoms with van der Waals surface area (Å²) in [5.41, 5.74) is -0.792. The Morgan fingerprint density at radius 2 is 1.95 bits per heavy atom. The lowest BCUT2D eigenvalue weighted by Gasteiger charge is -2.14. The fourth-order valence-electron chi connectivity index (χ4n) is 2.04. The molecule has 1 aromatic rings. The van der Waals surface area contributed by atoms with E-state index in [2.05, 4.69) is 5.32 Å². The number of benzene rings is 1. The zero-order chi connectivity index (χ0) is 15.6. The number of hydrogen-bond acceptors (Lipinski definition) is 6. The summed E-state index contributed by atoms with van der Waals surface area (Å²) in [7, 11) is 2.81. The van der Waals surface area contributed by atoms with Crippen LogP contribution in [0.4, 0.5) is 11.4 Å². The highest BCUT2D eigenvalue weighted by Gasteiger charge is 2.50. The molecule has 0 heterocycles. The first-order chi connectivity index (χ1) is 9.93. The number of nitro groups is 1. The summed E-state index contributed by atoms with van der Waals surface area (Å²) in [4.78, 5) is 21.7. The quantitative estimate of drug-likeness (QED) is 0.583. The predicted octanol–water partition coefficient (Wildman–Crippen LogP) is 1.89. The minimum absolute atomic E-state index is 0.138. The SMILES string of the molecule is COc1cc(NCC2(C(=O)O)CC2)c([N+](=O)[O-])cc1OC. The average Bonchev–Trinajstić information content (AvgIpc) is 3.25. The Morgan fingerprint density at radius 3 is 2.38 bits per heavy atom. The van der Waals surface area contributed by atoms with E-state index in [1.807, 2.05) is 0 Å². The molecule has 114 valence electrons. The van der Waals surface area contributed by atoms with Crippen LogP contribution in [0.2, 0.25) is 0 Å². The molecule has 0 unspecified atom stereocenters. The van der Waals surface area contributed by atoms with Crippen LogP contribution in [0.15, 0.2) is 12.1 Å². The molecular weight excluding hydrogens is 280 g/mol. The highest BCUT2D eigenvalue weighted by Crippen LogP contribution is 2.46. The molecule has 1 aliphatic carbocycles. The number of aliphatic carboxylic acids is 1. The van der Waals surface area contributed by atoms with Gasteiger partial charge in [-0.1, -0.05) is 0 Å². The number of carbonyl (C=O) groups is 1. The van der Waals surface area contributed by atoms with Crippen molar-refractivity contribution in [3.63, 3.8) is 0 Å². The van der Waals surface area contributed by atoms with Crippen LogP contribution in [-0.2, 0) is 4.79 Å². The number of nitrogens with one attached hydrogen (secondary N) is 1. The fourth-order valence-corrected chi connectivity index (χ4v) is 2.04. The van der Waals surface area contributed by atoms with Crippen molar-refractivity contribution in [3.05, 3.63) is 22.2 Å². The van der Waals surface area contributed by atoms with Gasteiger partial charge in [0.05, 0.1) is 30.6 Å². The fraction of sp³-hybridized carbons (Fsp3) is 0.462. The predicted molar refractivity (Wildman–Crippen MR) is 74.0 cm³/mol. The van der Waals surface area contributed by atoms with Gasteiger partial charge in [0.2, 0.25) is 0 Å². The Morgan fingerprint density at radius 1 is 1.38 bits per heavy atom. The molecule has 1 aliphatic rings. The molecule has 2 rings (SSSR count). The maximum Gasteiger partial charge on any atom is 0.311 e. The summed E-state index contributed by atoms with van der Waals surface area (Å²) in [5, 5.41) is 23.1. The summed E-state index contributed by atoms with van der Waals surface area (Å²) in [6, 6.07) is 2.69. The third kappa shape index (κ3) is 2.83. The smallest absolute Gasteiger partial charge is 0.311 e. The van der Waals surface area contributed by atoms with Crippen LogP contribution in [0.25, 0.3) is 0 Å². The van der Waals surface area contributed by atoms with Gasteiger partial charge in [0.1, 0.15) is 5.69 Å². The van der Waals surface area contributed by atoms with Gasteiger partial charge in [-0.25, -0.2) is 0 Å². The normalized spacial score (nSPS) is 15.1. The molecule has 1 fully saturated rings. The van der Waals surface area contributed by atoms with E-state index in [9.17, 15) is 14.9 Å². The van der Waals surface area contributed by atoms with Crippen LogP contribution >= 0.6 is 0 Å². The van der Waals surface area contributed by atoms with Crippen molar-refractivity contribution in [2.75, 3.05) is 26.1 Å². The Kier molecular flexibility index (Phi) is 3.88. The van der Waals surface area contributed by atoms with Crippen LogP contribution in [-0.4, -0.2) is 36.8 Å².